The molecule has 2 heterocycles. The minimum atomic E-state index is 0.840. The van der Waals surface area contributed by atoms with Gasteiger partial charge in [0.1, 0.15) is 17.5 Å². The van der Waals surface area contributed by atoms with Crippen LogP contribution in [0.3, 0.4) is 0 Å². The second-order valence-electron chi connectivity index (χ2n) is 4.27. The van der Waals surface area contributed by atoms with Crippen LogP contribution in [0.1, 0.15) is 17.8 Å². The standard InChI is InChI=1S/C12H20N4S/c1-9-11(13-3)14-10(2)15-12(9)16-5-4-7-17-8-6-16/h4-8H2,1-3H3,(H,13,14,15). The lowest BCUT2D eigenvalue weighted by Gasteiger charge is -2.24. The smallest absolute Gasteiger partial charge is 0.137 e. The summed E-state index contributed by atoms with van der Waals surface area (Å²) in [5, 5.41) is 3.15. The fraction of sp³-hybridized carbons (Fsp3) is 0.667. The molecule has 1 aliphatic heterocycles. The SMILES string of the molecule is CNc1nc(C)nc(N2CCCSCC2)c1C. The molecule has 1 aromatic heterocycles. The van der Waals surface area contributed by atoms with E-state index in [1.54, 1.807) is 0 Å². The second kappa shape index (κ2) is 5.58. The van der Waals surface area contributed by atoms with E-state index in [2.05, 4.69) is 27.1 Å². The average Bonchev–Trinajstić information content (AvgIpc) is 2.60. The summed E-state index contributed by atoms with van der Waals surface area (Å²) >= 11 is 2.03. The number of hydrogen-bond acceptors (Lipinski definition) is 5. The Balaban J connectivity index is 2.32. The van der Waals surface area contributed by atoms with E-state index in [1.807, 2.05) is 25.7 Å². The van der Waals surface area contributed by atoms with Crippen molar-refractivity contribution < 1.29 is 0 Å². The first-order valence-electron chi connectivity index (χ1n) is 6.08. The van der Waals surface area contributed by atoms with Gasteiger partial charge in [0.2, 0.25) is 0 Å². The van der Waals surface area contributed by atoms with Gasteiger partial charge in [-0.2, -0.15) is 11.8 Å². The molecule has 0 amide bonds. The lowest BCUT2D eigenvalue weighted by molar-refractivity contribution is 0.789. The van der Waals surface area contributed by atoms with E-state index in [9.17, 15) is 0 Å². The third-order valence-electron chi connectivity index (χ3n) is 2.99. The van der Waals surface area contributed by atoms with Crippen LogP contribution in [0.15, 0.2) is 0 Å². The molecule has 5 heteroatoms. The van der Waals surface area contributed by atoms with Gasteiger partial charge in [0.15, 0.2) is 0 Å². The number of aromatic nitrogens is 2. The van der Waals surface area contributed by atoms with Gasteiger partial charge in [-0.3, -0.25) is 0 Å². The highest BCUT2D eigenvalue weighted by Gasteiger charge is 2.16. The molecule has 0 radical (unpaired) electrons. The van der Waals surface area contributed by atoms with E-state index in [0.717, 1.165) is 36.1 Å². The number of thioether (sulfide) groups is 1. The average molecular weight is 252 g/mol. The van der Waals surface area contributed by atoms with E-state index in [1.165, 1.54) is 17.9 Å². The minimum absolute atomic E-state index is 0.840. The third-order valence-corrected chi connectivity index (χ3v) is 4.04. The highest BCUT2D eigenvalue weighted by molar-refractivity contribution is 7.99. The largest absolute Gasteiger partial charge is 0.373 e. The van der Waals surface area contributed by atoms with Crippen LogP contribution in [-0.2, 0) is 0 Å². The Morgan fingerprint density at radius 1 is 1.18 bits per heavy atom. The molecule has 1 aromatic rings. The predicted molar refractivity (Wildman–Crippen MR) is 75.2 cm³/mol. The molecule has 0 unspecified atom stereocenters. The highest BCUT2D eigenvalue weighted by atomic mass is 32.2. The third kappa shape index (κ3) is 2.83. The molecular formula is C12H20N4S. The van der Waals surface area contributed by atoms with Crippen LogP contribution in [0.4, 0.5) is 11.6 Å². The van der Waals surface area contributed by atoms with Gasteiger partial charge < -0.3 is 10.2 Å². The van der Waals surface area contributed by atoms with Crippen molar-refractivity contribution in [2.75, 3.05) is 41.9 Å². The molecule has 4 nitrogen and oxygen atoms in total. The van der Waals surface area contributed by atoms with Gasteiger partial charge in [0.25, 0.3) is 0 Å². The summed E-state index contributed by atoms with van der Waals surface area (Å²) in [5.74, 6) is 5.34. The summed E-state index contributed by atoms with van der Waals surface area (Å²) in [6, 6.07) is 0. The Morgan fingerprint density at radius 2 is 2.00 bits per heavy atom. The molecule has 0 aromatic carbocycles. The van der Waals surface area contributed by atoms with Crippen LogP contribution in [0.25, 0.3) is 0 Å². The molecule has 1 N–H and O–H groups in total. The van der Waals surface area contributed by atoms with Crippen molar-refractivity contribution in [1.29, 1.82) is 0 Å². The number of nitrogens with one attached hydrogen (secondary N) is 1. The number of hydrogen-bond donors (Lipinski definition) is 1. The molecule has 0 spiro atoms. The summed E-state index contributed by atoms with van der Waals surface area (Å²) in [6.07, 6.45) is 1.24. The number of rotatable bonds is 2. The van der Waals surface area contributed by atoms with Gasteiger partial charge in [-0.25, -0.2) is 9.97 Å². The van der Waals surface area contributed by atoms with Gasteiger partial charge in [-0.05, 0) is 26.0 Å². The van der Waals surface area contributed by atoms with Crippen LogP contribution in [-0.4, -0.2) is 41.6 Å². The van der Waals surface area contributed by atoms with E-state index in [4.69, 9.17) is 0 Å². The quantitative estimate of drug-likeness (QED) is 0.872. The molecule has 1 saturated heterocycles. The fourth-order valence-corrected chi connectivity index (χ4v) is 3.01. The van der Waals surface area contributed by atoms with Gasteiger partial charge in [-0.15, -0.1) is 0 Å². The maximum absolute atomic E-state index is 4.61. The number of anilines is 2. The predicted octanol–water partition coefficient (Wildman–Crippen LogP) is 2.08. The molecular weight excluding hydrogens is 232 g/mol. The Bertz CT molecular complexity index is 386. The molecule has 1 aliphatic rings. The van der Waals surface area contributed by atoms with Crippen molar-refractivity contribution in [3.63, 3.8) is 0 Å². The normalized spacial score (nSPS) is 16.8. The molecule has 94 valence electrons. The first-order valence-corrected chi connectivity index (χ1v) is 7.23. The van der Waals surface area contributed by atoms with Crippen molar-refractivity contribution in [3.05, 3.63) is 11.4 Å². The molecule has 0 aliphatic carbocycles. The van der Waals surface area contributed by atoms with Crippen molar-refractivity contribution in [3.8, 4) is 0 Å². The van der Waals surface area contributed by atoms with E-state index in [0.29, 0.717) is 0 Å². The molecule has 0 atom stereocenters. The van der Waals surface area contributed by atoms with Gasteiger partial charge in [-0.1, -0.05) is 0 Å². The number of nitrogens with zero attached hydrogens (tertiary/aromatic N) is 3. The first kappa shape index (κ1) is 12.5. The topological polar surface area (TPSA) is 41.1 Å². The van der Waals surface area contributed by atoms with E-state index >= 15 is 0 Å². The Morgan fingerprint density at radius 3 is 2.76 bits per heavy atom. The zero-order valence-electron chi connectivity index (χ0n) is 10.8. The van der Waals surface area contributed by atoms with Crippen molar-refractivity contribution in [2.45, 2.75) is 20.3 Å². The van der Waals surface area contributed by atoms with Gasteiger partial charge in [0.05, 0.1) is 0 Å². The Labute approximate surface area is 107 Å². The molecule has 0 saturated carbocycles. The van der Waals surface area contributed by atoms with Crippen LogP contribution >= 0.6 is 11.8 Å². The maximum Gasteiger partial charge on any atom is 0.137 e. The summed E-state index contributed by atoms with van der Waals surface area (Å²) in [7, 11) is 1.91. The van der Waals surface area contributed by atoms with Gasteiger partial charge in [0, 0.05) is 31.5 Å². The van der Waals surface area contributed by atoms with Crippen LogP contribution < -0.4 is 10.2 Å². The monoisotopic (exact) mass is 252 g/mol. The molecule has 1 fully saturated rings. The Kier molecular flexibility index (Phi) is 4.10. The summed E-state index contributed by atoms with van der Waals surface area (Å²) in [4.78, 5) is 11.4. The molecule has 2 rings (SSSR count). The molecule has 0 bridgehead atoms. The Hall–Kier alpha value is -0.970. The maximum atomic E-state index is 4.61. The lowest BCUT2D eigenvalue weighted by atomic mass is 10.2. The zero-order chi connectivity index (χ0) is 12.3. The summed E-state index contributed by atoms with van der Waals surface area (Å²) in [6.45, 7) is 6.24. The second-order valence-corrected chi connectivity index (χ2v) is 5.50. The van der Waals surface area contributed by atoms with Crippen LogP contribution in [0.5, 0.6) is 0 Å². The summed E-state index contributed by atoms with van der Waals surface area (Å²) in [5.41, 5.74) is 1.16. The minimum Gasteiger partial charge on any atom is -0.373 e. The fourth-order valence-electron chi connectivity index (χ4n) is 2.12. The van der Waals surface area contributed by atoms with Crippen molar-refractivity contribution >= 4 is 23.4 Å². The summed E-state index contributed by atoms with van der Waals surface area (Å²) < 4.78 is 0. The number of aryl methyl sites for hydroxylation is 1. The zero-order valence-corrected chi connectivity index (χ0v) is 11.6. The molecule has 17 heavy (non-hydrogen) atoms. The van der Waals surface area contributed by atoms with Crippen molar-refractivity contribution in [2.24, 2.45) is 0 Å². The van der Waals surface area contributed by atoms with E-state index in [-0.39, 0.29) is 0 Å². The van der Waals surface area contributed by atoms with Gasteiger partial charge >= 0.3 is 0 Å². The van der Waals surface area contributed by atoms with Crippen LogP contribution in [0, 0.1) is 13.8 Å². The highest BCUT2D eigenvalue weighted by Crippen LogP contribution is 2.25. The lowest BCUT2D eigenvalue weighted by Crippen LogP contribution is -2.28. The van der Waals surface area contributed by atoms with E-state index < -0.39 is 0 Å². The van der Waals surface area contributed by atoms with Crippen LogP contribution in [0.2, 0.25) is 0 Å². The first-order chi connectivity index (χ1) is 8.22. The van der Waals surface area contributed by atoms with Crippen molar-refractivity contribution in [1.82, 2.24) is 9.97 Å².